The van der Waals surface area contributed by atoms with Gasteiger partial charge in [-0.3, -0.25) is 4.79 Å². The SMILES string of the molecule is O=C(O)C1(c2ccc(C(F)(F)F)c(F)c2)CC1. The van der Waals surface area contributed by atoms with Crippen LogP contribution in [0.2, 0.25) is 0 Å². The van der Waals surface area contributed by atoms with E-state index in [1.165, 1.54) is 0 Å². The third kappa shape index (κ3) is 1.87. The number of rotatable bonds is 2. The van der Waals surface area contributed by atoms with Crippen molar-refractivity contribution in [3.8, 4) is 0 Å². The van der Waals surface area contributed by atoms with E-state index in [2.05, 4.69) is 0 Å². The van der Waals surface area contributed by atoms with Crippen molar-refractivity contribution < 1.29 is 27.5 Å². The van der Waals surface area contributed by atoms with Crippen LogP contribution >= 0.6 is 0 Å². The van der Waals surface area contributed by atoms with Gasteiger partial charge in [-0.15, -0.1) is 0 Å². The molecule has 0 radical (unpaired) electrons. The van der Waals surface area contributed by atoms with Gasteiger partial charge in [0.05, 0.1) is 11.0 Å². The van der Waals surface area contributed by atoms with Gasteiger partial charge in [-0.25, -0.2) is 4.39 Å². The summed E-state index contributed by atoms with van der Waals surface area (Å²) in [7, 11) is 0. The number of carbonyl (C=O) groups is 1. The maximum Gasteiger partial charge on any atom is 0.419 e. The fraction of sp³-hybridized carbons (Fsp3) is 0.364. The van der Waals surface area contributed by atoms with Gasteiger partial charge in [0.2, 0.25) is 0 Å². The van der Waals surface area contributed by atoms with E-state index in [4.69, 9.17) is 5.11 Å². The van der Waals surface area contributed by atoms with Crippen molar-refractivity contribution in [2.24, 2.45) is 0 Å². The molecule has 17 heavy (non-hydrogen) atoms. The second-order valence-corrected chi connectivity index (χ2v) is 4.08. The normalized spacial score (nSPS) is 17.9. The van der Waals surface area contributed by atoms with E-state index in [0.29, 0.717) is 25.0 Å². The number of hydrogen-bond acceptors (Lipinski definition) is 1. The van der Waals surface area contributed by atoms with Crippen LogP contribution < -0.4 is 0 Å². The molecule has 0 aliphatic heterocycles. The Bertz CT molecular complexity index is 475. The third-order valence-electron chi connectivity index (χ3n) is 2.99. The Balaban J connectivity index is 2.42. The van der Waals surface area contributed by atoms with Crippen molar-refractivity contribution >= 4 is 5.97 Å². The maximum absolute atomic E-state index is 13.3. The highest BCUT2D eigenvalue weighted by molar-refractivity contribution is 5.84. The molecule has 0 atom stereocenters. The number of halogens is 4. The lowest BCUT2D eigenvalue weighted by Gasteiger charge is -2.13. The van der Waals surface area contributed by atoms with E-state index in [1.54, 1.807) is 0 Å². The number of benzene rings is 1. The van der Waals surface area contributed by atoms with Gasteiger partial charge in [0.25, 0.3) is 0 Å². The molecule has 1 N–H and O–H groups in total. The smallest absolute Gasteiger partial charge is 0.419 e. The second kappa shape index (κ2) is 3.45. The number of alkyl halides is 3. The molecule has 0 unspecified atom stereocenters. The number of carboxylic acid groups (broad SMARTS) is 1. The highest BCUT2D eigenvalue weighted by atomic mass is 19.4. The van der Waals surface area contributed by atoms with Crippen molar-refractivity contribution in [2.45, 2.75) is 24.4 Å². The standard InChI is InChI=1S/C11H8F4O2/c12-8-5-6(10(3-4-10)9(16)17)1-2-7(8)11(13,14)15/h1-2,5H,3-4H2,(H,16,17). The van der Waals surface area contributed by atoms with Gasteiger partial charge in [0.1, 0.15) is 5.82 Å². The monoisotopic (exact) mass is 248 g/mol. The predicted octanol–water partition coefficient (Wildman–Crippen LogP) is 2.96. The Hall–Kier alpha value is -1.59. The fourth-order valence-electron chi connectivity index (χ4n) is 1.79. The van der Waals surface area contributed by atoms with E-state index in [9.17, 15) is 22.4 Å². The number of aliphatic carboxylic acids is 1. The molecule has 0 bridgehead atoms. The third-order valence-corrected chi connectivity index (χ3v) is 2.99. The average Bonchev–Trinajstić information content (AvgIpc) is 2.95. The van der Waals surface area contributed by atoms with Gasteiger partial charge in [-0.05, 0) is 30.5 Å². The Kier molecular flexibility index (Phi) is 2.41. The van der Waals surface area contributed by atoms with Crippen molar-refractivity contribution in [1.29, 1.82) is 0 Å². The summed E-state index contributed by atoms with van der Waals surface area (Å²) in [6, 6.07) is 2.30. The van der Waals surface area contributed by atoms with Crippen molar-refractivity contribution in [1.82, 2.24) is 0 Å². The lowest BCUT2D eigenvalue weighted by Crippen LogP contribution is -2.20. The first-order valence-electron chi connectivity index (χ1n) is 4.88. The molecule has 6 heteroatoms. The van der Waals surface area contributed by atoms with Crippen LogP contribution in [-0.2, 0) is 16.4 Å². The van der Waals surface area contributed by atoms with Crippen LogP contribution in [0.5, 0.6) is 0 Å². The summed E-state index contributed by atoms with van der Waals surface area (Å²) in [5.74, 6) is -2.56. The first-order chi connectivity index (χ1) is 7.77. The highest BCUT2D eigenvalue weighted by Gasteiger charge is 2.52. The Morgan fingerprint density at radius 1 is 1.29 bits per heavy atom. The Morgan fingerprint density at radius 3 is 2.24 bits per heavy atom. The van der Waals surface area contributed by atoms with Crippen LogP contribution in [0.25, 0.3) is 0 Å². The summed E-state index contributed by atoms with van der Waals surface area (Å²) < 4.78 is 50.1. The van der Waals surface area contributed by atoms with Crippen LogP contribution in [0, 0.1) is 5.82 Å². The summed E-state index contributed by atoms with van der Waals surface area (Å²) in [5.41, 5.74) is -2.47. The first kappa shape index (κ1) is 11.9. The zero-order chi connectivity index (χ0) is 12.8. The molecular weight excluding hydrogens is 240 g/mol. The number of hydrogen-bond donors (Lipinski definition) is 1. The van der Waals surface area contributed by atoms with Gasteiger partial charge in [0.15, 0.2) is 0 Å². The molecule has 1 saturated carbocycles. The van der Waals surface area contributed by atoms with E-state index in [-0.39, 0.29) is 5.56 Å². The van der Waals surface area contributed by atoms with Crippen LogP contribution in [0.4, 0.5) is 17.6 Å². The maximum atomic E-state index is 13.3. The molecule has 92 valence electrons. The zero-order valence-electron chi connectivity index (χ0n) is 8.51. The topological polar surface area (TPSA) is 37.3 Å². The molecule has 1 aliphatic rings. The minimum atomic E-state index is -4.76. The highest BCUT2D eigenvalue weighted by Crippen LogP contribution is 2.49. The molecule has 1 aromatic rings. The fourth-order valence-corrected chi connectivity index (χ4v) is 1.79. The molecule has 0 amide bonds. The molecule has 0 aromatic heterocycles. The van der Waals surface area contributed by atoms with Gasteiger partial charge in [-0.2, -0.15) is 13.2 Å². The van der Waals surface area contributed by atoms with Gasteiger partial charge < -0.3 is 5.11 Å². The van der Waals surface area contributed by atoms with Crippen LogP contribution in [0.15, 0.2) is 18.2 Å². The molecule has 1 fully saturated rings. The van der Waals surface area contributed by atoms with Crippen molar-refractivity contribution in [3.63, 3.8) is 0 Å². The molecule has 0 saturated heterocycles. The van der Waals surface area contributed by atoms with E-state index < -0.39 is 28.9 Å². The van der Waals surface area contributed by atoms with Gasteiger partial charge >= 0.3 is 12.1 Å². The van der Waals surface area contributed by atoms with E-state index >= 15 is 0 Å². The van der Waals surface area contributed by atoms with Crippen LogP contribution in [0.1, 0.15) is 24.0 Å². The predicted molar refractivity (Wildman–Crippen MR) is 49.9 cm³/mol. The summed E-state index contributed by atoms with van der Waals surface area (Å²) in [6.07, 6.45) is -4.11. The van der Waals surface area contributed by atoms with Crippen LogP contribution in [0.3, 0.4) is 0 Å². The minimum absolute atomic E-state index is 0.0931. The molecule has 2 rings (SSSR count). The van der Waals surface area contributed by atoms with Crippen LogP contribution in [-0.4, -0.2) is 11.1 Å². The molecule has 1 aliphatic carbocycles. The summed E-state index contributed by atoms with van der Waals surface area (Å²) in [4.78, 5) is 10.9. The quantitative estimate of drug-likeness (QED) is 0.817. The minimum Gasteiger partial charge on any atom is -0.481 e. The molecule has 1 aromatic carbocycles. The summed E-state index contributed by atoms with van der Waals surface area (Å²) >= 11 is 0. The second-order valence-electron chi connectivity index (χ2n) is 4.08. The van der Waals surface area contributed by atoms with E-state index in [1.807, 2.05) is 0 Å². The zero-order valence-corrected chi connectivity index (χ0v) is 8.51. The largest absolute Gasteiger partial charge is 0.481 e. The van der Waals surface area contributed by atoms with Crippen molar-refractivity contribution in [2.75, 3.05) is 0 Å². The lowest BCUT2D eigenvalue weighted by atomic mass is 9.95. The molecular formula is C11H8F4O2. The van der Waals surface area contributed by atoms with Crippen molar-refractivity contribution in [3.05, 3.63) is 35.1 Å². The lowest BCUT2D eigenvalue weighted by molar-refractivity contribution is -0.140. The summed E-state index contributed by atoms with van der Waals surface area (Å²) in [5, 5.41) is 8.93. The molecule has 2 nitrogen and oxygen atoms in total. The van der Waals surface area contributed by atoms with Gasteiger partial charge in [-0.1, -0.05) is 6.07 Å². The number of carboxylic acids is 1. The van der Waals surface area contributed by atoms with Gasteiger partial charge in [0, 0.05) is 0 Å². The summed E-state index contributed by atoms with van der Waals surface area (Å²) in [6.45, 7) is 0. The Labute approximate surface area is 93.9 Å². The first-order valence-corrected chi connectivity index (χ1v) is 4.88. The van der Waals surface area contributed by atoms with E-state index in [0.717, 1.165) is 6.07 Å². The molecule has 0 spiro atoms. The average molecular weight is 248 g/mol. The Morgan fingerprint density at radius 2 is 1.88 bits per heavy atom. The molecule has 0 heterocycles.